The molecule has 1 aromatic heterocycles. The van der Waals surface area contributed by atoms with Crippen LogP contribution in [0, 0.1) is 5.92 Å². The van der Waals surface area contributed by atoms with Gasteiger partial charge < -0.3 is 5.32 Å². The molecule has 0 radical (unpaired) electrons. The molecule has 21 heavy (non-hydrogen) atoms. The lowest BCUT2D eigenvalue weighted by Crippen LogP contribution is -2.24. The molecule has 1 aliphatic rings. The molecule has 1 fully saturated rings. The van der Waals surface area contributed by atoms with Crippen LogP contribution in [0.15, 0.2) is 18.3 Å². The van der Waals surface area contributed by atoms with Gasteiger partial charge in [0.05, 0.1) is 0 Å². The van der Waals surface area contributed by atoms with Crippen molar-refractivity contribution in [1.29, 1.82) is 0 Å². The lowest BCUT2D eigenvalue weighted by atomic mass is 9.96. The highest BCUT2D eigenvalue weighted by Crippen LogP contribution is 2.23. The van der Waals surface area contributed by atoms with E-state index in [0.717, 1.165) is 31.2 Å². The Morgan fingerprint density at radius 2 is 2.14 bits per heavy atom. The van der Waals surface area contributed by atoms with Crippen molar-refractivity contribution in [2.24, 2.45) is 5.92 Å². The van der Waals surface area contributed by atoms with Crippen molar-refractivity contribution < 1.29 is 0 Å². The van der Waals surface area contributed by atoms with Crippen molar-refractivity contribution in [2.45, 2.75) is 58.9 Å². The Bertz CT molecular complexity index is 405. The second-order valence-corrected chi connectivity index (χ2v) is 6.34. The van der Waals surface area contributed by atoms with E-state index in [1.165, 1.54) is 50.8 Å². The van der Waals surface area contributed by atoms with E-state index in [-0.39, 0.29) is 0 Å². The minimum atomic E-state index is 0.958. The van der Waals surface area contributed by atoms with Crippen molar-refractivity contribution >= 4 is 5.82 Å². The van der Waals surface area contributed by atoms with E-state index < -0.39 is 0 Å². The molecule has 1 N–H and O–H groups in total. The van der Waals surface area contributed by atoms with Crippen LogP contribution in [0.2, 0.25) is 0 Å². The van der Waals surface area contributed by atoms with Crippen LogP contribution in [0.1, 0.15) is 57.9 Å². The van der Waals surface area contributed by atoms with Gasteiger partial charge in [-0.15, -0.1) is 0 Å². The minimum Gasteiger partial charge on any atom is -0.370 e. The molecule has 0 spiro atoms. The molecule has 1 atom stereocenters. The van der Waals surface area contributed by atoms with E-state index in [4.69, 9.17) is 0 Å². The molecule has 3 heteroatoms. The minimum absolute atomic E-state index is 0.958. The van der Waals surface area contributed by atoms with Crippen molar-refractivity contribution in [3.63, 3.8) is 0 Å². The largest absolute Gasteiger partial charge is 0.370 e. The first-order chi connectivity index (χ1) is 10.3. The van der Waals surface area contributed by atoms with E-state index in [9.17, 15) is 0 Å². The number of nitrogens with zero attached hydrogens (tertiary/aromatic N) is 2. The molecular weight excluding hydrogens is 258 g/mol. The lowest BCUT2D eigenvalue weighted by molar-refractivity contribution is 0.271. The van der Waals surface area contributed by atoms with Gasteiger partial charge in [-0.25, -0.2) is 4.98 Å². The third-order valence-corrected chi connectivity index (χ3v) is 4.42. The first kappa shape index (κ1) is 16.3. The lowest BCUT2D eigenvalue weighted by Gasteiger charge is -2.20. The summed E-state index contributed by atoms with van der Waals surface area (Å²) < 4.78 is 0. The molecule has 0 amide bonds. The van der Waals surface area contributed by atoms with E-state index in [2.05, 4.69) is 41.2 Å². The Hall–Kier alpha value is -1.09. The zero-order chi connectivity index (χ0) is 14.9. The second-order valence-electron chi connectivity index (χ2n) is 6.34. The van der Waals surface area contributed by atoms with Crippen LogP contribution in [0.5, 0.6) is 0 Å². The van der Waals surface area contributed by atoms with Crippen molar-refractivity contribution in [3.05, 3.63) is 23.9 Å². The Morgan fingerprint density at radius 1 is 1.24 bits per heavy atom. The van der Waals surface area contributed by atoms with Crippen molar-refractivity contribution in [2.75, 3.05) is 25.0 Å². The van der Waals surface area contributed by atoms with Gasteiger partial charge in [-0.1, -0.05) is 26.7 Å². The molecule has 0 saturated carbocycles. The number of nitrogens with one attached hydrogen (secondary N) is 1. The summed E-state index contributed by atoms with van der Waals surface area (Å²) in [4.78, 5) is 7.01. The van der Waals surface area contributed by atoms with Crippen molar-refractivity contribution in [1.82, 2.24) is 9.88 Å². The van der Waals surface area contributed by atoms with Crippen LogP contribution in [-0.4, -0.2) is 29.5 Å². The summed E-state index contributed by atoms with van der Waals surface area (Å²) in [6.07, 6.45) is 9.97. The first-order valence-corrected chi connectivity index (χ1v) is 8.73. The fourth-order valence-electron chi connectivity index (χ4n) is 3.26. The highest BCUT2D eigenvalue weighted by atomic mass is 15.1. The van der Waals surface area contributed by atoms with Gasteiger partial charge in [-0.3, -0.25) is 4.90 Å². The van der Waals surface area contributed by atoms with Gasteiger partial charge in [0.2, 0.25) is 0 Å². The monoisotopic (exact) mass is 289 g/mol. The van der Waals surface area contributed by atoms with Gasteiger partial charge in [-0.05, 0) is 62.4 Å². The molecule has 118 valence electrons. The molecule has 0 bridgehead atoms. The van der Waals surface area contributed by atoms with Crippen LogP contribution in [-0.2, 0) is 6.54 Å². The van der Waals surface area contributed by atoms with E-state index in [1.54, 1.807) is 0 Å². The molecule has 2 heterocycles. The summed E-state index contributed by atoms with van der Waals surface area (Å²) in [5.41, 5.74) is 1.39. The smallest absolute Gasteiger partial charge is 0.126 e. The number of aromatic nitrogens is 1. The van der Waals surface area contributed by atoms with Gasteiger partial charge in [0.25, 0.3) is 0 Å². The molecule has 0 aliphatic carbocycles. The molecule has 1 aromatic rings. The fourth-order valence-corrected chi connectivity index (χ4v) is 3.26. The summed E-state index contributed by atoms with van der Waals surface area (Å²) in [7, 11) is 0. The quantitative estimate of drug-likeness (QED) is 0.811. The Balaban J connectivity index is 1.86. The average Bonchev–Trinajstić information content (AvgIpc) is 2.72. The number of hydrogen-bond donors (Lipinski definition) is 1. The number of rotatable bonds is 7. The van der Waals surface area contributed by atoms with E-state index in [0.29, 0.717) is 0 Å². The summed E-state index contributed by atoms with van der Waals surface area (Å²) in [6, 6.07) is 4.37. The summed E-state index contributed by atoms with van der Waals surface area (Å²) in [6.45, 7) is 9.07. The van der Waals surface area contributed by atoms with Crippen LogP contribution < -0.4 is 5.32 Å². The number of likely N-dealkylation sites (tertiary alicyclic amines) is 1. The fraction of sp³-hybridized carbons (Fsp3) is 0.722. The molecule has 1 unspecified atom stereocenters. The molecule has 2 rings (SSSR count). The van der Waals surface area contributed by atoms with Gasteiger partial charge in [-0.2, -0.15) is 0 Å². The number of pyridine rings is 1. The topological polar surface area (TPSA) is 28.2 Å². The second kappa shape index (κ2) is 9.04. The zero-order valence-electron chi connectivity index (χ0n) is 13.8. The van der Waals surface area contributed by atoms with Crippen LogP contribution in [0.3, 0.4) is 0 Å². The summed E-state index contributed by atoms with van der Waals surface area (Å²) >= 11 is 0. The van der Waals surface area contributed by atoms with Crippen LogP contribution in [0.25, 0.3) is 0 Å². The SMILES string of the molecule is CCCNc1cc(CN2CCCC(CCC)CC2)ccn1. The summed E-state index contributed by atoms with van der Waals surface area (Å²) in [5, 5.41) is 3.38. The Labute approximate surface area is 130 Å². The van der Waals surface area contributed by atoms with Crippen LogP contribution >= 0.6 is 0 Å². The standard InChI is InChI=1S/C18H31N3/c1-3-6-16-7-5-12-21(13-9-16)15-17-8-11-20-18(14-17)19-10-4-2/h8,11,14,16H,3-7,9-10,12-13,15H2,1-2H3,(H,19,20). The molecule has 1 saturated heterocycles. The number of anilines is 1. The van der Waals surface area contributed by atoms with Gasteiger partial charge >= 0.3 is 0 Å². The number of hydrogen-bond acceptors (Lipinski definition) is 3. The van der Waals surface area contributed by atoms with E-state index in [1.807, 2.05) is 6.20 Å². The molecule has 3 nitrogen and oxygen atoms in total. The summed E-state index contributed by atoms with van der Waals surface area (Å²) in [5.74, 6) is 1.98. The Kier molecular flexibility index (Phi) is 7.01. The first-order valence-electron chi connectivity index (χ1n) is 8.73. The molecule has 1 aliphatic heterocycles. The van der Waals surface area contributed by atoms with Gasteiger partial charge in [0.15, 0.2) is 0 Å². The predicted octanol–water partition coefficient (Wildman–Crippen LogP) is 4.31. The van der Waals surface area contributed by atoms with Gasteiger partial charge in [0, 0.05) is 19.3 Å². The zero-order valence-corrected chi connectivity index (χ0v) is 13.8. The maximum Gasteiger partial charge on any atom is 0.126 e. The van der Waals surface area contributed by atoms with E-state index >= 15 is 0 Å². The van der Waals surface area contributed by atoms with Gasteiger partial charge in [0.1, 0.15) is 5.82 Å². The average molecular weight is 289 g/mol. The highest BCUT2D eigenvalue weighted by Gasteiger charge is 2.16. The Morgan fingerprint density at radius 3 is 2.95 bits per heavy atom. The normalized spacial score (nSPS) is 20.2. The maximum atomic E-state index is 4.40. The predicted molar refractivity (Wildman–Crippen MR) is 90.5 cm³/mol. The van der Waals surface area contributed by atoms with Crippen LogP contribution in [0.4, 0.5) is 5.82 Å². The maximum absolute atomic E-state index is 4.40. The highest BCUT2D eigenvalue weighted by molar-refractivity contribution is 5.37. The third kappa shape index (κ3) is 5.66. The molecule has 0 aromatic carbocycles. The third-order valence-electron chi connectivity index (χ3n) is 4.42. The molecular formula is C18H31N3. The van der Waals surface area contributed by atoms with Crippen molar-refractivity contribution in [3.8, 4) is 0 Å².